The van der Waals surface area contributed by atoms with Crippen molar-refractivity contribution in [2.45, 2.75) is 77.2 Å². The Labute approximate surface area is 351 Å². The molecule has 13 nitrogen and oxygen atoms in total. The van der Waals surface area contributed by atoms with Crippen molar-refractivity contribution in [1.82, 2.24) is 34.2 Å². The van der Waals surface area contributed by atoms with Gasteiger partial charge in [0.05, 0.1) is 23.6 Å². The number of imide groups is 1. The van der Waals surface area contributed by atoms with Crippen molar-refractivity contribution in [3.8, 4) is 34.4 Å². The molecule has 1 N–H and O–H groups in total. The molecule has 10 rings (SSSR count). The molecule has 3 aromatic carbocycles. The van der Waals surface area contributed by atoms with Gasteiger partial charge in [0.1, 0.15) is 11.9 Å². The summed E-state index contributed by atoms with van der Waals surface area (Å²) in [6, 6.07) is 20.7. The van der Waals surface area contributed by atoms with Gasteiger partial charge in [0, 0.05) is 110 Å². The largest absolute Gasteiger partial charge is 0.381 e. The number of fused-ring (bicyclic) bond motifs is 4. The van der Waals surface area contributed by atoms with Crippen LogP contribution in [0.15, 0.2) is 83.9 Å². The predicted octanol–water partition coefficient (Wildman–Crippen LogP) is 5.54. The summed E-state index contributed by atoms with van der Waals surface area (Å²) in [6.07, 6.45) is 6.46. The van der Waals surface area contributed by atoms with Crippen LogP contribution in [0.3, 0.4) is 0 Å². The minimum atomic E-state index is -0.690. The summed E-state index contributed by atoms with van der Waals surface area (Å²) in [7, 11) is 0. The minimum absolute atomic E-state index is 0.0599. The van der Waals surface area contributed by atoms with Crippen LogP contribution in [-0.4, -0.2) is 78.3 Å². The molecule has 3 aromatic heterocycles. The number of nitrogens with zero attached hydrogens (tertiary/aromatic N) is 6. The molecule has 4 amide bonds. The number of piperidine rings is 1. The van der Waals surface area contributed by atoms with Crippen LogP contribution in [0.2, 0.25) is 0 Å². The van der Waals surface area contributed by atoms with Crippen LogP contribution in [0.25, 0.3) is 44.1 Å². The number of aromatic nitrogens is 4. The average Bonchev–Trinajstić information content (AvgIpc) is 3.83. The lowest BCUT2D eigenvalue weighted by atomic mass is 9.99. The van der Waals surface area contributed by atoms with E-state index in [-0.39, 0.29) is 36.2 Å². The number of amides is 4. The molecule has 306 valence electrons. The number of hydrogen-bond acceptors (Lipinski definition) is 8. The molecule has 6 aromatic rings. The second-order valence-electron chi connectivity index (χ2n) is 16.2. The second kappa shape index (κ2) is 15.6. The van der Waals surface area contributed by atoms with Gasteiger partial charge in [-0.05, 0) is 72.0 Å². The Hall–Kier alpha value is -6.91. The third kappa shape index (κ3) is 6.96. The van der Waals surface area contributed by atoms with Gasteiger partial charge in [-0.3, -0.25) is 34.3 Å². The summed E-state index contributed by atoms with van der Waals surface area (Å²) >= 11 is 0. The number of benzene rings is 3. The number of rotatable bonds is 6. The van der Waals surface area contributed by atoms with Gasteiger partial charge >= 0.3 is 0 Å². The maximum Gasteiger partial charge on any atom is 0.258 e. The highest BCUT2D eigenvalue weighted by atomic mass is 16.5. The topological polar surface area (TPSA) is 149 Å². The van der Waals surface area contributed by atoms with Gasteiger partial charge in [-0.1, -0.05) is 42.2 Å². The Bertz CT molecular complexity index is 2950. The van der Waals surface area contributed by atoms with E-state index in [0.29, 0.717) is 54.9 Å². The third-order valence-corrected chi connectivity index (χ3v) is 12.6. The van der Waals surface area contributed by atoms with Crippen molar-refractivity contribution in [3.63, 3.8) is 0 Å². The lowest BCUT2D eigenvalue weighted by molar-refractivity contribution is -0.137. The minimum Gasteiger partial charge on any atom is -0.381 e. The molecule has 13 heteroatoms. The van der Waals surface area contributed by atoms with E-state index < -0.39 is 11.9 Å². The smallest absolute Gasteiger partial charge is 0.258 e. The van der Waals surface area contributed by atoms with E-state index in [1.54, 1.807) is 29.8 Å². The van der Waals surface area contributed by atoms with Crippen LogP contribution in [0.1, 0.15) is 77.9 Å². The maximum atomic E-state index is 13.6. The molecule has 0 aliphatic carbocycles. The highest BCUT2D eigenvalue weighted by Crippen LogP contribution is 2.38. The van der Waals surface area contributed by atoms with E-state index >= 15 is 0 Å². The number of carbonyl (C=O) groups excluding carboxylic acids is 4. The number of ether oxygens (including phenoxy) is 1. The fourth-order valence-corrected chi connectivity index (χ4v) is 9.34. The molecule has 0 spiro atoms. The molecule has 0 saturated carbocycles. The zero-order valence-corrected chi connectivity index (χ0v) is 33.8. The first-order valence-electron chi connectivity index (χ1n) is 20.9. The summed E-state index contributed by atoms with van der Waals surface area (Å²) in [5.74, 6) is 6.81. The number of aryl methyl sites for hydroxylation is 1. The monoisotopic (exact) mass is 813 g/mol. The number of imidazole rings is 1. The fraction of sp³-hybridized carbons (Fsp3) is 0.312. The normalized spacial score (nSPS) is 17.9. The van der Waals surface area contributed by atoms with Crippen molar-refractivity contribution in [2.75, 3.05) is 19.8 Å². The zero-order chi connectivity index (χ0) is 41.8. The van der Waals surface area contributed by atoms with E-state index in [2.05, 4.69) is 39.9 Å². The SMILES string of the molecule is CC(=O)N1CCn2c(C3CCOCC3)nc(-c3cccc4cc(-c5ccc6c(=O)n(CCC#Cc7cccc8c7CN(C7CCC(=O)NC7=O)C8=O)ccc6c5)ncc34)c2C1. The van der Waals surface area contributed by atoms with E-state index in [1.165, 1.54) is 4.90 Å². The average molecular weight is 814 g/mol. The molecule has 0 bridgehead atoms. The van der Waals surface area contributed by atoms with E-state index in [0.717, 1.165) is 88.4 Å². The molecule has 4 aliphatic rings. The summed E-state index contributed by atoms with van der Waals surface area (Å²) in [4.78, 5) is 77.1. The maximum absolute atomic E-state index is 13.6. The van der Waals surface area contributed by atoms with Crippen LogP contribution < -0.4 is 10.9 Å². The van der Waals surface area contributed by atoms with Crippen LogP contribution >= 0.6 is 0 Å². The van der Waals surface area contributed by atoms with Crippen LogP contribution in [-0.2, 0) is 45.3 Å². The Morgan fingerprint density at radius 1 is 0.902 bits per heavy atom. The summed E-state index contributed by atoms with van der Waals surface area (Å²) < 4.78 is 9.66. The summed E-state index contributed by atoms with van der Waals surface area (Å²) in [5.41, 5.74) is 6.52. The van der Waals surface area contributed by atoms with Crippen LogP contribution in [0, 0.1) is 11.8 Å². The molecule has 4 aliphatic heterocycles. The molecule has 1 atom stereocenters. The molecule has 2 saturated heterocycles. The van der Waals surface area contributed by atoms with Gasteiger partial charge in [-0.2, -0.15) is 0 Å². The Balaban J connectivity index is 0.873. The number of nitrogens with one attached hydrogen (secondary N) is 1. The summed E-state index contributed by atoms with van der Waals surface area (Å²) in [5, 5.41) is 5.75. The highest BCUT2D eigenvalue weighted by Gasteiger charge is 2.40. The predicted molar refractivity (Wildman–Crippen MR) is 228 cm³/mol. The number of carbonyl (C=O) groups is 4. The van der Waals surface area contributed by atoms with E-state index in [1.807, 2.05) is 47.5 Å². The Morgan fingerprint density at radius 2 is 1.72 bits per heavy atom. The second-order valence-corrected chi connectivity index (χ2v) is 16.2. The van der Waals surface area contributed by atoms with Gasteiger partial charge in [-0.25, -0.2) is 4.98 Å². The van der Waals surface area contributed by atoms with Gasteiger partial charge in [0.2, 0.25) is 17.7 Å². The molecule has 0 radical (unpaired) electrons. The van der Waals surface area contributed by atoms with E-state index in [9.17, 15) is 24.0 Å². The quantitative estimate of drug-likeness (QED) is 0.170. The lowest BCUT2D eigenvalue weighted by Crippen LogP contribution is -2.52. The first-order valence-corrected chi connectivity index (χ1v) is 20.9. The molecule has 61 heavy (non-hydrogen) atoms. The molecule has 1 unspecified atom stereocenters. The fourth-order valence-electron chi connectivity index (χ4n) is 9.34. The van der Waals surface area contributed by atoms with Crippen molar-refractivity contribution >= 4 is 45.2 Å². The van der Waals surface area contributed by atoms with Crippen molar-refractivity contribution in [3.05, 3.63) is 118 Å². The van der Waals surface area contributed by atoms with E-state index in [4.69, 9.17) is 14.7 Å². The van der Waals surface area contributed by atoms with Crippen LogP contribution in [0.4, 0.5) is 0 Å². The number of hydrogen-bond donors (Lipinski definition) is 1. The Morgan fingerprint density at radius 3 is 2.56 bits per heavy atom. The molecular weight excluding hydrogens is 771 g/mol. The van der Waals surface area contributed by atoms with Gasteiger partial charge in [0.25, 0.3) is 11.5 Å². The van der Waals surface area contributed by atoms with Crippen molar-refractivity contribution in [2.24, 2.45) is 0 Å². The summed E-state index contributed by atoms with van der Waals surface area (Å²) in [6.45, 7) is 5.62. The Kier molecular flexibility index (Phi) is 9.80. The molecular formula is C48H43N7O6. The van der Waals surface area contributed by atoms with Crippen LogP contribution in [0.5, 0.6) is 0 Å². The third-order valence-electron chi connectivity index (χ3n) is 12.6. The van der Waals surface area contributed by atoms with Gasteiger partial charge < -0.3 is 23.7 Å². The number of pyridine rings is 2. The molecule has 2 fully saturated rings. The lowest BCUT2D eigenvalue weighted by Gasteiger charge is -2.30. The van der Waals surface area contributed by atoms with Crippen molar-refractivity contribution < 1.29 is 23.9 Å². The van der Waals surface area contributed by atoms with Gasteiger partial charge in [0.15, 0.2) is 0 Å². The zero-order valence-electron chi connectivity index (χ0n) is 33.8. The van der Waals surface area contributed by atoms with Crippen molar-refractivity contribution in [1.29, 1.82) is 0 Å². The molecule has 7 heterocycles. The highest BCUT2D eigenvalue weighted by molar-refractivity contribution is 6.05. The first kappa shape index (κ1) is 38.3. The first-order chi connectivity index (χ1) is 29.7. The standard InChI is InChI=1S/C48H43N7O6/c1-29(56)53-20-21-54-42(28-53)44(51-45(54)31-16-22-61-23-17-31)36-9-5-8-32-25-40(49-26-38(32)36)34-11-12-35-33(24-34)15-19-52(47(35)59)18-3-2-6-30-7-4-10-37-39(30)27-55(48(37)60)41-13-14-43(57)50-46(41)58/h4-5,7-12,15,19,24-26,31,41H,3,13-14,16-18,20-23,27-28H2,1H3,(H,50,57,58). The van der Waals surface area contributed by atoms with Gasteiger partial charge in [-0.15, -0.1) is 0 Å².